The van der Waals surface area contributed by atoms with E-state index in [4.69, 9.17) is 16.7 Å². The number of carboxylic acid groups (broad SMARTS) is 1. The van der Waals surface area contributed by atoms with E-state index in [9.17, 15) is 13.2 Å². The number of anilines is 1. The van der Waals surface area contributed by atoms with Gasteiger partial charge < -0.3 is 5.11 Å². The average Bonchev–Trinajstić information content (AvgIpc) is 2.72. The maximum Gasteiger partial charge on any atom is 0.335 e. The molecule has 0 amide bonds. The van der Waals surface area contributed by atoms with Crippen molar-refractivity contribution in [1.82, 2.24) is 0 Å². The second-order valence-electron chi connectivity index (χ2n) is 6.13. The van der Waals surface area contributed by atoms with Gasteiger partial charge in [-0.2, -0.15) is 5.10 Å². The van der Waals surface area contributed by atoms with Crippen LogP contribution >= 0.6 is 11.6 Å². The van der Waals surface area contributed by atoms with E-state index in [0.29, 0.717) is 22.0 Å². The Morgan fingerprint density at radius 1 is 0.897 bits per heavy atom. The summed E-state index contributed by atoms with van der Waals surface area (Å²) >= 11 is 5.94. The third-order valence-electron chi connectivity index (χ3n) is 4.06. The first kappa shape index (κ1) is 20.6. The van der Waals surface area contributed by atoms with E-state index in [2.05, 4.69) is 10.5 Å². The summed E-state index contributed by atoms with van der Waals surface area (Å²) in [6.45, 7) is 0. The molecule has 3 aromatic rings. The minimum absolute atomic E-state index is 0.143. The Bertz CT molecular complexity index is 1130. The Hall–Kier alpha value is -3.16. The summed E-state index contributed by atoms with van der Waals surface area (Å²) in [5, 5.41) is 13.8. The summed E-state index contributed by atoms with van der Waals surface area (Å²) in [6, 6.07) is 20.8. The van der Waals surface area contributed by atoms with Gasteiger partial charge in [-0.15, -0.1) is 0 Å². The van der Waals surface area contributed by atoms with Crippen LogP contribution in [0.2, 0.25) is 5.02 Å². The highest BCUT2D eigenvalue weighted by atomic mass is 35.5. The van der Waals surface area contributed by atoms with Crippen molar-refractivity contribution in [2.45, 2.75) is 4.90 Å². The molecule has 0 aromatic heterocycles. The van der Waals surface area contributed by atoms with Crippen LogP contribution in [0.25, 0.3) is 0 Å². The maximum atomic E-state index is 12.8. The molecule has 0 aliphatic rings. The second kappa shape index (κ2) is 8.89. The van der Waals surface area contributed by atoms with Crippen molar-refractivity contribution >= 4 is 38.8 Å². The molecular formula is C21H17ClN2O4S. The van der Waals surface area contributed by atoms with E-state index >= 15 is 0 Å². The number of sulfone groups is 1. The molecule has 0 saturated carbocycles. The second-order valence-corrected chi connectivity index (χ2v) is 8.56. The van der Waals surface area contributed by atoms with Crippen molar-refractivity contribution < 1.29 is 18.3 Å². The summed E-state index contributed by atoms with van der Waals surface area (Å²) in [5.41, 5.74) is 4.36. The SMILES string of the molecule is O=C(O)c1ccc(N/N=C(/CS(=O)(=O)c2ccccc2)c2ccc(Cl)cc2)cc1. The number of carbonyl (C=O) groups is 1. The molecule has 0 spiro atoms. The van der Waals surface area contributed by atoms with Crippen LogP contribution in [0, 0.1) is 0 Å². The quantitative estimate of drug-likeness (QED) is 0.431. The Morgan fingerprint density at radius 2 is 1.48 bits per heavy atom. The van der Waals surface area contributed by atoms with Crippen LogP contribution in [-0.4, -0.2) is 31.0 Å². The Kier molecular flexibility index (Phi) is 6.31. The first-order valence-corrected chi connectivity index (χ1v) is 10.6. The van der Waals surface area contributed by atoms with Crippen molar-refractivity contribution in [3.63, 3.8) is 0 Å². The lowest BCUT2D eigenvalue weighted by atomic mass is 10.1. The summed E-state index contributed by atoms with van der Waals surface area (Å²) in [7, 11) is -3.62. The van der Waals surface area contributed by atoms with Crippen molar-refractivity contribution in [2.24, 2.45) is 5.10 Å². The zero-order valence-electron chi connectivity index (χ0n) is 15.1. The van der Waals surface area contributed by atoms with Crippen LogP contribution in [-0.2, 0) is 9.84 Å². The molecule has 0 bridgehead atoms. The summed E-state index contributed by atoms with van der Waals surface area (Å²) in [6.07, 6.45) is 0. The van der Waals surface area contributed by atoms with Crippen LogP contribution in [0.4, 0.5) is 5.69 Å². The molecule has 3 aromatic carbocycles. The highest BCUT2D eigenvalue weighted by Crippen LogP contribution is 2.17. The average molecular weight is 429 g/mol. The van der Waals surface area contributed by atoms with Gasteiger partial charge in [0, 0.05) is 5.02 Å². The van der Waals surface area contributed by atoms with Gasteiger partial charge in [0.15, 0.2) is 9.84 Å². The molecule has 0 aliphatic heterocycles. The first-order valence-electron chi connectivity index (χ1n) is 8.55. The Morgan fingerprint density at radius 3 is 2.07 bits per heavy atom. The summed E-state index contributed by atoms with van der Waals surface area (Å²) in [4.78, 5) is 11.2. The number of hydrogen-bond donors (Lipinski definition) is 2. The topological polar surface area (TPSA) is 95.8 Å². The largest absolute Gasteiger partial charge is 0.478 e. The van der Waals surface area contributed by atoms with Gasteiger partial charge in [0.2, 0.25) is 0 Å². The molecule has 0 atom stereocenters. The van der Waals surface area contributed by atoms with Gasteiger partial charge in [-0.05, 0) is 54.1 Å². The normalized spacial score (nSPS) is 11.8. The molecule has 0 saturated heterocycles. The monoisotopic (exact) mass is 428 g/mol. The van der Waals surface area contributed by atoms with E-state index in [-0.39, 0.29) is 16.2 Å². The molecule has 148 valence electrons. The van der Waals surface area contributed by atoms with E-state index in [1.54, 1.807) is 54.6 Å². The van der Waals surface area contributed by atoms with Crippen LogP contribution in [0.1, 0.15) is 15.9 Å². The van der Waals surface area contributed by atoms with Gasteiger partial charge in [0.1, 0.15) is 0 Å². The van der Waals surface area contributed by atoms with Crippen LogP contribution in [0.3, 0.4) is 0 Å². The molecule has 0 fully saturated rings. The van der Waals surface area contributed by atoms with E-state index < -0.39 is 15.8 Å². The number of halogens is 1. The van der Waals surface area contributed by atoms with Crippen molar-refractivity contribution in [3.8, 4) is 0 Å². The number of rotatable bonds is 7. The fourth-order valence-electron chi connectivity index (χ4n) is 2.53. The summed E-state index contributed by atoms with van der Waals surface area (Å²) < 4.78 is 25.6. The maximum absolute atomic E-state index is 12.8. The van der Waals surface area contributed by atoms with Crippen LogP contribution in [0.5, 0.6) is 0 Å². The van der Waals surface area contributed by atoms with Crippen LogP contribution < -0.4 is 5.43 Å². The number of nitrogens with zero attached hydrogens (tertiary/aromatic N) is 1. The standard InChI is InChI=1S/C21H17ClN2O4S/c22-17-10-6-15(7-11-17)20(14-29(27,28)19-4-2-1-3-5-19)24-23-18-12-8-16(9-13-18)21(25)26/h1-13,23H,14H2,(H,25,26)/b24-20-. The molecular weight excluding hydrogens is 412 g/mol. The van der Waals surface area contributed by atoms with Crippen molar-refractivity contribution in [1.29, 1.82) is 0 Å². The lowest BCUT2D eigenvalue weighted by Gasteiger charge is -2.10. The molecule has 0 radical (unpaired) electrons. The highest BCUT2D eigenvalue weighted by molar-refractivity contribution is 7.92. The minimum Gasteiger partial charge on any atom is -0.478 e. The lowest BCUT2D eigenvalue weighted by molar-refractivity contribution is 0.0697. The van der Waals surface area contributed by atoms with Crippen LogP contribution in [0.15, 0.2) is 88.9 Å². The molecule has 8 heteroatoms. The zero-order chi connectivity index (χ0) is 20.9. The van der Waals surface area contributed by atoms with Gasteiger partial charge in [0.05, 0.1) is 27.6 Å². The number of carboxylic acids is 1. The van der Waals surface area contributed by atoms with Gasteiger partial charge in [-0.3, -0.25) is 5.43 Å². The minimum atomic E-state index is -3.62. The summed E-state index contributed by atoms with van der Waals surface area (Å²) in [5.74, 6) is -1.35. The number of hydrogen-bond acceptors (Lipinski definition) is 5. The molecule has 0 heterocycles. The number of benzene rings is 3. The molecule has 0 aliphatic carbocycles. The Balaban J connectivity index is 1.91. The number of hydrazone groups is 1. The van der Waals surface area contributed by atoms with E-state index in [0.717, 1.165) is 0 Å². The number of nitrogens with one attached hydrogen (secondary N) is 1. The first-order chi connectivity index (χ1) is 13.8. The fraction of sp³-hybridized carbons (Fsp3) is 0.0476. The zero-order valence-corrected chi connectivity index (χ0v) is 16.7. The molecule has 3 rings (SSSR count). The predicted octanol–water partition coefficient (Wildman–Crippen LogP) is 4.33. The van der Waals surface area contributed by atoms with E-state index in [1.165, 1.54) is 24.3 Å². The molecule has 29 heavy (non-hydrogen) atoms. The molecule has 6 nitrogen and oxygen atoms in total. The number of aromatic carboxylic acids is 1. The third-order valence-corrected chi connectivity index (χ3v) is 5.95. The molecule has 2 N–H and O–H groups in total. The molecule has 0 unspecified atom stereocenters. The van der Waals surface area contributed by atoms with Crippen molar-refractivity contribution in [2.75, 3.05) is 11.2 Å². The van der Waals surface area contributed by atoms with Gasteiger partial charge in [0.25, 0.3) is 0 Å². The Labute approximate surface area is 173 Å². The van der Waals surface area contributed by atoms with Gasteiger partial charge in [-0.1, -0.05) is 41.9 Å². The lowest BCUT2D eigenvalue weighted by Crippen LogP contribution is -2.19. The fourth-order valence-corrected chi connectivity index (χ4v) is 3.99. The predicted molar refractivity (Wildman–Crippen MR) is 114 cm³/mol. The van der Waals surface area contributed by atoms with Crippen molar-refractivity contribution in [3.05, 3.63) is 95.0 Å². The van der Waals surface area contributed by atoms with Gasteiger partial charge >= 0.3 is 5.97 Å². The van der Waals surface area contributed by atoms with Gasteiger partial charge in [-0.25, -0.2) is 13.2 Å². The highest BCUT2D eigenvalue weighted by Gasteiger charge is 2.19. The smallest absolute Gasteiger partial charge is 0.335 e. The van der Waals surface area contributed by atoms with E-state index in [1.807, 2.05) is 0 Å². The third kappa shape index (κ3) is 5.43.